The number of hydrogen-bond donors (Lipinski definition) is 1. The Morgan fingerprint density at radius 1 is 1.53 bits per heavy atom. The van der Waals surface area contributed by atoms with Crippen LogP contribution < -0.4 is 10.5 Å². The fourth-order valence-corrected chi connectivity index (χ4v) is 1.98. The zero-order valence-electron chi connectivity index (χ0n) is 10.7. The van der Waals surface area contributed by atoms with Crippen molar-refractivity contribution < 1.29 is 14.4 Å². The molecule has 1 saturated heterocycles. The predicted molar refractivity (Wildman–Crippen MR) is 66.9 cm³/mol. The van der Waals surface area contributed by atoms with E-state index in [4.69, 9.17) is 15.2 Å². The van der Waals surface area contributed by atoms with Gasteiger partial charge in [-0.1, -0.05) is 0 Å². The molecule has 0 amide bonds. The Labute approximate surface area is 110 Å². The van der Waals surface area contributed by atoms with Crippen LogP contribution in [0.1, 0.15) is 25.0 Å². The summed E-state index contributed by atoms with van der Waals surface area (Å²) >= 11 is 0. The molecular formula is C11H16N4O4. The van der Waals surface area contributed by atoms with E-state index in [1.807, 2.05) is 0 Å². The maximum Gasteiger partial charge on any atom is 0.352 e. The molecule has 0 saturated carbocycles. The SMILES string of the molecule is Cc1nc(N)nc(OCC2CCCCO2)c1[N+](=O)[O-]. The van der Waals surface area contributed by atoms with Crippen LogP contribution in [0.25, 0.3) is 0 Å². The lowest BCUT2D eigenvalue weighted by Gasteiger charge is -2.22. The molecule has 0 bridgehead atoms. The van der Waals surface area contributed by atoms with Crippen LogP contribution in [-0.4, -0.2) is 34.2 Å². The second-order valence-electron chi connectivity index (χ2n) is 4.38. The fourth-order valence-electron chi connectivity index (χ4n) is 1.98. The number of hydrogen-bond acceptors (Lipinski definition) is 7. The van der Waals surface area contributed by atoms with Gasteiger partial charge in [0.05, 0.1) is 11.0 Å². The maximum absolute atomic E-state index is 11.0. The molecule has 0 aromatic carbocycles. The predicted octanol–water partition coefficient (Wildman–Crippen LogP) is 1.22. The van der Waals surface area contributed by atoms with Gasteiger partial charge in [-0.25, -0.2) is 4.98 Å². The Hall–Kier alpha value is -1.96. The van der Waals surface area contributed by atoms with Gasteiger partial charge in [-0.05, 0) is 26.2 Å². The fraction of sp³-hybridized carbons (Fsp3) is 0.636. The molecule has 2 rings (SSSR count). The van der Waals surface area contributed by atoms with E-state index in [0.717, 1.165) is 19.3 Å². The van der Waals surface area contributed by atoms with Crippen molar-refractivity contribution >= 4 is 11.6 Å². The van der Waals surface area contributed by atoms with Crippen molar-refractivity contribution in [2.75, 3.05) is 18.9 Å². The van der Waals surface area contributed by atoms with Gasteiger partial charge >= 0.3 is 5.69 Å². The molecule has 2 N–H and O–H groups in total. The van der Waals surface area contributed by atoms with Crippen LogP contribution in [0.2, 0.25) is 0 Å². The molecule has 104 valence electrons. The van der Waals surface area contributed by atoms with Crippen LogP contribution in [-0.2, 0) is 4.74 Å². The van der Waals surface area contributed by atoms with Crippen molar-refractivity contribution in [3.05, 3.63) is 15.8 Å². The molecule has 1 atom stereocenters. The number of anilines is 1. The lowest BCUT2D eigenvalue weighted by atomic mass is 10.1. The van der Waals surface area contributed by atoms with Crippen LogP contribution in [0.3, 0.4) is 0 Å². The molecule has 1 aromatic heterocycles. The highest BCUT2D eigenvalue weighted by atomic mass is 16.6. The number of nitrogens with two attached hydrogens (primary N) is 1. The van der Waals surface area contributed by atoms with Crippen molar-refractivity contribution in [3.8, 4) is 5.88 Å². The molecule has 2 heterocycles. The molecule has 1 aromatic rings. The Bertz CT molecular complexity index is 474. The highest BCUT2D eigenvalue weighted by molar-refractivity contribution is 5.47. The average Bonchev–Trinajstić information content (AvgIpc) is 2.36. The van der Waals surface area contributed by atoms with Crippen LogP contribution in [0.4, 0.5) is 11.6 Å². The van der Waals surface area contributed by atoms with E-state index in [1.165, 1.54) is 6.92 Å². The standard InChI is InChI=1S/C11H16N4O4/c1-7-9(15(16)17)10(14-11(12)13-7)19-6-8-4-2-3-5-18-8/h8H,2-6H2,1H3,(H2,12,13,14). The van der Waals surface area contributed by atoms with E-state index in [2.05, 4.69) is 9.97 Å². The first-order valence-corrected chi connectivity index (χ1v) is 6.11. The Morgan fingerprint density at radius 2 is 2.32 bits per heavy atom. The van der Waals surface area contributed by atoms with Gasteiger partial charge in [0.15, 0.2) is 0 Å². The summed E-state index contributed by atoms with van der Waals surface area (Å²) < 4.78 is 10.9. The summed E-state index contributed by atoms with van der Waals surface area (Å²) in [6.07, 6.45) is 2.94. The van der Waals surface area contributed by atoms with E-state index < -0.39 is 4.92 Å². The Kier molecular flexibility index (Phi) is 4.10. The topological polar surface area (TPSA) is 113 Å². The maximum atomic E-state index is 11.0. The second-order valence-corrected chi connectivity index (χ2v) is 4.38. The van der Waals surface area contributed by atoms with Crippen LogP contribution >= 0.6 is 0 Å². The van der Waals surface area contributed by atoms with Gasteiger partial charge in [-0.15, -0.1) is 0 Å². The minimum atomic E-state index is -0.564. The van der Waals surface area contributed by atoms with Crippen LogP contribution in [0.15, 0.2) is 0 Å². The first-order valence-electron chi connectivity index (χ1n) is 6.11. The average molecular weight is 268 g/mol. The molecule has 0 radical (unpaired) electrons. The summed E-state index contributed by atoms with van der Waals surface area (Å²) in [6, 6.07) is 0. The Morgan fingerprint density at radius 3 is 2.95 bits per heavy atom. The van der Waals surface area contributed by atoms with Gasteiger partial charge < -0.3 is 15.2 Å². The van der Waals surface area contributed by atoms with Gasteiger partial charge in [0, 0.05) is 6.61 Å². The molecule has 1 unspecified atom stereocenters. The number of aryl methyl sites for hydroxylation is 1. The summed E-state index contributed by atoms with van der Waals surface area (Å²) in [7, 11) is 0. The Balaban J connectivity index is 2.12. The first kappa shape index (κ1) is 13.5. The minimum Gasteiger partial charge on any atom is -0.470 e. The summed E-state index contributed by atoms with van der Waals surface area (Å²) in [4.78, 5) is 18.0. The molecule has 1 fully saturated rings. The molecule has 19 heavy (non-hydrogen) atoms. The summed E-state index contributed by atoms with van der Waals surface area (Å²) in [5, 5.41) is 11.0. The highest BCUT2D eigenvalue weighted by Gasteiger charge is 2.24. The normalized spacial score (nSPS) is 19.1. The number of nitrogen functional groups attached to an aromatic ring is 1. The van der Waals surface area contributed by atoms with Gasteiger partial charge in [-0.2, -0.15) is 4.98 Å². The van der Waals surface area contributed by atoms with Crippen molar-refractivity contribution in [1.82, 2.24) is 9.97 Å². The van der Waals surface area contributed by atoms with E-state index in [1.54, 1.807) is 0 Å². The molecule has 0 aliphatic carbocycles. The second kappa shape index (κ2) is 5.79. The monoisotopic (exact) mass is 268 g/mol. The van der Waals surface area contributed by atoms with E-state index in [9.17, 15) is 10.1 Å². The molecule has 1 aliphatic heterocycles. The zero-order valence-corrected chi connectivity index (χ0v) is 10.7. The van der Waals surface area contributed by atoms with Gasteiger partial charge in [0.25, 0.3) is 5.88 Å². The third-order valence-electron chi connectivity index (χ3n) is 2.91. The highest BCUT2D eigenvalue weighted by Crippen LogP contribution is 2.28. The third kappa shape index (κ3) is 3.28. The molecule has 1 aliphatic rings. The largest absolute Gasteiger partial charge is 0.470 e. The number of nitro groups is 1. The van der Waals surface area contributed by atoms with Gasteiger partial charge in [0.2, 0.25) is 5.95 Å². The molecule has 8 nitrogen and oxygen atoms in total. The molecule has 0 spiro atoms. The van der Waals surface area contributed by atoms with Crippen LogP contribution in [0, 0.1) is 17.0 Å². The summed E-state index contributed by atoms with van der Waals surface area (Å²) in [5.74, 6) is -0.133. The number of nitrogens with zero attached hydrogens (tertiary/aromatic N) is 3. The number of rotatable bonds is 4. The summed E-state index contributed by atoms with van der Waals surface area (Å²) in [6.45, 7) is 2.43. The zero-order chi connectivity index (χ0) is 13.8. The summed E-state index contributed by atoms with van der Waals surface area (Å²) in [5.41, 5.74) is 5.43. The molecular weight excluding hydrogens is 252 g/mol. The van der Waals surface area contributed by atoms with E-state index in [-0.39, 0.29) is 35.9 Å². The van der Waals surface area contributed by atoms with Crippen molar-refractivity contribution in [1.29, 1.82) is 0 Å². The third-order valence-corrected chi connectivity index (χ3v) is 2.91. The number of ether oxygens (including phenoxy) is 2. The van der Waals surface area contributed by atoms with Crippen molar-refractivity contribution in [2.24, 2.45) is 0 Å². The van der Waals surface area contributed by atoms with Crippen molar-refractivity contribution in [3.63, 3.8) is 0 Å². The van der Waals surface area contributed by atoms with Gasteiger partial charge in [0.1, 0.15) is 12.3 Å². The van der Waals surface area contributed by atoms with Crippen molar-refractivity contribution in [2.45, 2.75) is 32.3 Å². The van der Waals surface area contributed by atoms with Crippen LogP contribution in [0.5, 0.6) is 5.88 Å². The van der Waals surface area contributed by atoms with E-state index in [0.29, 0.717) is 6.61 Å². The lowest BCUT2D eigenvalue weighted by Crippen LogP contribution is -2.26. The lowest BCUT2D eigenvalue weighted by molar-refractivity contribution is -0.387. The van der Waals surface area contributed by atoms with E-state index >= 15 is 0 Å². The molecule has 8 heteroatoms. The number of aromatic nitrogens is 2. The first-order chi connectivity index (χ1) is 9.08. The smallest absolute Gasteiger partial charge is 0.352 e. The van der Waals surface area contributed by atoms with Gasteiger partial charge in [-0.3, -0.25) is 10.1 Å². The minimum absolute atomic E-state index is 0.0392. The quantitative estimate of drug-likeness (QED) is 0.645.